The van der Waals surface area contributed by atoms with Crippen molar-refractivity contribution in [2.45, 2.75) is 18.2 Å². The lowest BCUT2D eigenvalue weighted by molar-refractivity contribution is -0.129. The van der Waals surface area contributed by atoms with E-state index in [0.29, 0.717) is 21.6 Å². The molecule has 8 heteroatoms. The van der Waals surface area contributed by atoms with Crippen LogP contribution in [0.15, 0.2) is 83.9 Å². The number of anilines is 1. The number of amidine groups is 1. The van der Waals surface area contributed by atoms with Gasteiger partial charge in [0.05, 0.1) is 12.2 Å². The van der Waals surface area contributed by atoms with Crippen LogP contribution in [0.1, 0.15) is 12.0 Å². The molecule has 32 heavy (non-hydrogen) atoms. The Kier molecular flexibility index (Phi) is 6.87. The second kappa shape index (κ2) is 9.97. The minimum absolute atomic E-state index is 0.0319. The average Bonchev–Trinajstić information content (AvgIpc) is 2.79. The largest absolute Gasteiger partial charge is 0.325 e. The van der Waals surface area contributed by atoms with Crippen molar-refractivity contribution in [2.24, 2.45) is 4.99 Å². The highest BCUT2D eigenvalue weighted by Gasteiger charge is 2.36. The number of amides is 2. The first-order valence-corrected chi connectivity index (χ1v) is 11.2. The summed E-state index contributed by atoms with van der Waals surface area (Å²) in [4.78, 5) is 32.0. The standard InChI is InChI=1S/C24H19ClFN3O2S/c25-17-8-12-20(13-9-17)28-24-29(15-16-6-10-18(26)11-7-16)22(30)14-21(32-24)23(31)27-19-4-2-1-3-5-19/h1-13,21H,14-15H2,(H,27,31). The summed E-state index contributed by atoms with van der Waals surface area (Å²) in [5.41, 5.74) is 2.03. The molecule has 0 saturated carbocycles. The molecule has 1 aliphatic rings. The van der Waals surface area contributed by atoms with E-state index in [1.54, 1.807) is 48.5 Å². The molecule has 1 N–H and O–H groups in total. The molecule has 0 spiro atoms. The highest BCUT2D eigenvalue weighted by atomic mass is 35.5. The van der Waals surface area contributed by atoms with Gasteiger partial charge in [0.25, 0.3) is 0 Å². The maximum atomic E-state index is 13.3. The molecule has 0 radical (unpaired) electrons. The zero-order chi connectivity index (χ0) is 22.5. The van der Waals surface area contributed by atoms with Crippen LogP contribution in [0.2, 0.25) is 5.02 Å². The van der Waals surface area contributed by atoms with E-state index in [4.69, 9.17) is 11.6 Å². The first kappa shape index (κ1) is 22.0. The van der Waals surface area contributed by atoms with Gasteiger partial charge in [-0.25, -0.2) is 9.38 Å². The van der Waals surface area contributed by atoms with Crippen molar-refractivity contribution < 1.29 is 14.0 Å². The molecule has 1 unspecified atom stereocenters. The summed E-state index contributed by atoms with van der Waals surface area (Å²) in [5.74, 6) is -0.838. The molecular weight excluding hydrogens is 449 g/mol. The molecule has 1 saturated heterocycles. The highest BCUT2D eigenvalue weighted by Crippen LogP contribution is 2.31. The van der Waals surface area contributed by atoms with Crippen LogP contribution in [-0.4, -0.2) is 27.1 Å². The molecule has 162 valence electrons. The Morgan fingerprint density at radius 2 is 1.75 bits per heavy atom. The van der Waals surface area contributed by atoms with Crippen LogP contribution in [-0.2, 0) is 16.1 Å². The molecule has 2 amide bonds. The molecule has 3 aromatic rings. The van der Waals surface area contributed by atoms with E-state index in [0.717, 1.165) is 5.56 Å². The van der Waals surface area contributed by atoms with Crippen LogP contribution in [0.5, 0.6) is 0 Å². The Bertz CT molecular complexity index is 1140. The van der Waals surface area contributed by atoms with Crippen LogP contribution < -0.4 is 5.32 Å². The number of rotatable bonds is 5. The molecule has 0 bridgehead atoms. The quantitative estimate of drug-likeness (QED) is 0.528. The number of thioether (sulfide) groups is 1. The van der Waals surface area contributed by atoms with Gasteiger partial charge in [0.1, 0.15) is 11.1 Å². The van der Waals surface area contributed by atoms with Crippen molar-refractivity contribution >= 4 is 51.7 Å². The summed E-state index contributed by atoms with van der Waals surface area (Å²) in [5, 5.41) is 3.20. The number of halogens is 2. The Balaban J connectivity index is 1.60. The van der Waals surface area contributed by atoms with Crippen LogP contribution >= 0.6 is 23.4 Å². The number of benzene rings is 3. The van der Waals surface area contributed by atoms with Gasteiger partial charge in [-0.15, -0.1) is 0 Å². The van der Waals surface area contributed by atoms with E-state index in [1.165, 1.54) is 28.8 Å². The number of hydrogen-bond donors (Lipinski definition) is 1. The predicted molar refractivity (Wildman–Crippen MR) is 127 cm³/mol. The summed E-state index contributed by atoms with van der Waals surface area (Å²) in [6.07, 6.45) is 0.0319. The van der Waals surface area contributed by atoms with Crippen molar-refractivity contribution in [3.8, 4) is 0 Å². The lowest BCUT2D eigenvalue weighted by Crippen LogP contribution is -2.44. The number of aliphatic imine (C=N–C) groups is 1. The number of carbonyl (C=O) groups excluding carboxylic acids is 2. The van der Waals surface area contributed by atoms with Crippen molar-refractivity contribution in [1.29, 1.82) is 0 Å². The van der Waals surface area contributed by atoms with Crippen LogP contribution in [0.3, 0.4) is 0 Å². The van der Waals surface area contributed by atoms with E-state index in [9.17, 15) is 14.0 Å². The topological polar surface area (TPSA) is 61.8 Å². The maximum Gasteiger partial charge on any atom is 0.238 e. The van der Waals surface area contributed by atoms with Gasteiger partial charge >= 0.3 is 0 Å². The molecule has 1 fully saturated rings. The van der Waals surface area contributed by atoms with Gasteiger partial charge in [-0.2, -0.15) is 0 Å². The predicted octanol–water partition coefficient (Wildman–Crippen LogP) is 5.64. The van der Waals surface area contributed by atoms with Crippen molar-refractivity contribution in [2.75, 3.05) is 5.32 Å². The number of hydrogen-bond acceptors (Lipinski definition) is 4. The van der Waals surface area contributed by atoms with Crippen molar-refractivity contribution in [3.63, 3.8) is 0 Å². The Morgan fingerprint density at radius 3 is 2.44 bits per heavy atom. The lowest BCUT2D eigenvalue weighted by atomic mass is 10.2. The second-order valence-electron chi connectivity index (χ2n) is 7.14. The van der Waals surface area contributed by atoms with Crippen molar-refractivity contribution in [1.82, 2.24) is 4.90 Å². The normalized spacial score (nSPS) is 17.4. The second-order valence-corrected chi connectivity index (χ2v) is 8.75. The summed E-state index contributed by atoms with van der Waals surface area (Å²) in [6.45, 7) is 0.228. The molecule has 0 aromatic heterocycles. The van der Waals surface area contributed by atoms with Crippen LogP contribution in [0, 0.1) is 5.82 Å². The van der Waals surface area contributed by atoms with Gasteiger partial charge in [-0.1, -0.05) is 53.7 Å². The van der Waals surface area contributed by atoms with Gasteiger partial charge in [0, 0.05) is 17.1 Å². The molecule has 4 rings (SSSR count). The van der Waals surface area contributed by atoms with E-state index in [-0.39, 0.29) is 30.6 Å². The number of nitrogens with zero attached hydrogens (tertiary/aromatic N) is 2. The van der Waals surface area contributed by atoms with Crippen LogP contribution in [0.25, 0.3) is 0 Å². The summed E-state index contributed by atoms with van der Waals surface area (Å²) >= 11 is 7.19. The first-order valence-electron chi connectivity index (χ1n) is 9.89. The molecular formula is C24H19ClFN3O2S. The first-order chi connectivity index (χ1) is 15.5. The number of para-hydroxylation sites is 1. The summed E-state index contributed by atoms with van der Waals surface area (Å²) in [7, 11) is 0. The number of nitrogens with one attached hydrogen (secondary N) is 1. The average molecular weight is 468 g/mol. The number of carbonyl (C=O) groups is 2. The maximum absolute atomic E-state index is 13.3. The zero-order valence-corrected chi connectivity index (χ0v) is 18.4. The van der Waals surface area contributed by atoms with E-state index >= 15 is 0 Å². The monoisotopic (exact) mass is 467 g/mol. The molecule has 1 atom stereocenters. The highest BCUT2D eigenvalue weighted by molar-refractivity contribution is 8.15. The van der Waals surface area contributed by atoms with Gasteiger partial charge in [-0.05, 0) is 54.1 Å². The van der Waals surface area contributed by atoms with Gasteiger partial charge < -0.3 is 5.32 Å². The van der Waals surface area contributed by atoms with Crippen LogP contribution in [0.4, 0.5) is 15.8 Å². The third-order valence-corrected chi connectivity index (χ3v) is 6.22. The summed E-state index contributed by atoms with van der Waals surface area (Å²) in [6, 6.07) is 21.9. The van der Waals surface area contributed by atoms with E-state index in [1.807, 2.05) is 18.2 Å². The molecule has 3 aromatic carbocycles. The Labute approximate surface area is 194 Å². The molecule has 0 aliphatic carbocycles. The minimum atomic E-state index is -0.627. The fourth-order valence-corrected chi connectivity index (χ4v) is 4.36. The van der Waals surface area contributed by atoms with Gasteiger partial charge in [0.2, 0.25) is 11.8 Å². The zero-order valence-electron chi connectivity index (χ0n) is 16.9. The SMILES string of the molecule is O=C(Nc1ccccc1)C1CC(=O)N(Cc2ccc(F)cc2)C(=Nc2ccc(Cl)cc2)S1. The fourth-order valence-electron chi connectivity index (χ4n) is 3.14. The lowest BCUT2D eigenvalue weighted by Gasteiger charge is -2.32. The fraction of sp³-hybridized carbons (Fsp3) is 0.125. The van der Waals surface area contributed by atoms with Gasteiger partial charge in [-0.3, -0.25) is 14.5 Å². The van der Waals surface area contributed by atoms with Gasteiger partial charge in [0.15, 0.2) is 5.17 Å². The third kappa shape index (κ3) is 5.55. The third-order valence-electron chi connectivity index (χ3n) is 4.78. The van der Waals surface area contributed by atoms with E-state index in [2.05, 4.69) is 10.3 Å². The minimum Gasteiger partial charge on any atom is -0.325 e. The molecule has 5 nitrogen and oxygen atoms in total. The summed E-state index contributed by atoms with van der Waals surface area (Å²) < 4.78 is 13.3. The Hall–Kier alpha value is -3.16. The van der Waals surface area contributed by atoms with E-state index < -0.39 is 5.25 Å². The smallest absolute Gasteiger partial charge is 0.238 e. The molecule has 1 heterocycles. The van der Waals surface area contributed by atoms with Crippen molar-refractivity contribution in [3.05, 3.63) is 95.3 Å². The molecule has 1 aliphatic heterocycles. The Morgan fingerprint density at radius 1 is 1.06 bits per heavy atom.